The average Bonchev–Trinajstić information content (AvgIpc) is 3.09. The van der Waals surface area contributed by atoms with Gasteiger partial charge in [-0.05, 0) is 36.8 Å². The lowest BCUT2D eigenvalue weighted by atomic mass is 10.2. The molecule has 1 aromatic carbocycles. The van der Waals surface area contributed by atoms with Gasteiger partial charge in [0.1, 0.15) is 5.69 Å². The Morgan fingerprint density at radius 1 is 1.21 bits per heavy atom. The van der Waals surface area contributed by atoms with Gasteiger partial charge in [0.25, 0.3) is 5.91 Å². The van der Waals surface area contributed by atoms with Crippen LogP contribution in [0.1, 0.15) is 33.5 Å². The van der Waals surface area contributed by atoms with E-state index < -0.39 is 5.97 Å². The molecule has 0 unspecified atom stereocenters. The highest BCUT2D eigenvalue weighted by molar-refractivity contribution is 6.03. The zero-order valence-corrected chi connectivity index (χ0v) is 13.3. The Balaban J connectivity index is 1.83. The number of nitrogens with zero attached hydrogens (tertiary/aromatic N) is 3. The van der Waals surface area contributed by atoms with Gasteiger partial charge >= 0.3 is 5.97 Å². The Kier molecular flexibility index (Phi) is 4.24. The first-order chi connectivity index (χ1) is 11.6. The van der Waals surface area contributed by atoms with E-state index >= 15 is 0 Å². The van der Waals surface area contributed by atoms with Gasteiger partial charge in [0.2, 0.25) is 0 Å². The van der Waals surface area contributed by atoms with Crippen molar-refractivity contribution in [2.75, 3.05) is 12.4 Å². The van der Waals surface area contributed by atoms with Crippen molar-refractivity contribution in [1.29, 1.82) is 0 Å². The van der Waals surface area contributed by atoms with Crippen LogP contribution in [0.15, 0.2) is 42.6 Å². The minimum absolute atomic E-state index is 0.317. The van der Waals surface area contributed by atoms with Crippen molar-refractivity contribution in [3.05, 3.63) is 59.5 Å². The van der Waals surface area contributed by atoms with Crippen molar-refractivity contribution in [2.24, 2.45) is 0 Å². The fourth-order valence-corrected chi connectivity index (χ4v) is 2.35. The second-order valence-corrected chi connectivity index (χ2v) is 5.11. The smallest absolute Gasteiger partial charge is 0.337 e. The van der Waals surface area contributed by atoms with Gasteiger partial charge in [0.05, 0.1) is 18.9 Å². The topological polar surface area (TPSA) is 85.6 Å². The van der Waals surface area contributed by atoms with Crippen molar-refractivity contribution < 1.29 is 14.3 Å². The third-order valence-electron chi connectivity index (χ3n) is 3.59. The van der Waals surface area contributed by atoms with Gasteiger partial charge in [-0.1, -0.05) is 6.92 Å². The molecule has 2 aromatic heterocycles. The molecule has 0 bridgehead atoms. The summed E-state index contributed by atoms with van der Waals surface area (Å²) in [5, 5.41) is 6.95. The van der Waals surface area contributed by atoms with E-state index in [9.17, 15) is 9.59 Å². The molecule has 7 heteroatoms. The number of esters is 1. The highest BCUT2D eigenvalue weighted by atomic mass is 16.5. The third-order valence-corrected chi connectivity index (χ3v) is 3.59. The van der Waals surface area contributed by atoms with Crippen molar-refractivity contribution in [2.45, 2.75) is 13.3 Å². The van der Waals surface area contributed by atoms with Crippen LogP contribution in [-0.2, 0) is 11.2 Å². The van der Waals surface area contributed by atoms with Crippen LogP contribution < -0.4 is 5.32 Å². The maximum absolute atomic E-state index is 12.4. The summed E-state index contributed by atoms with van der Waals surface area (Å²) in [5.41, 5.74) is 2.83. The molecular weight excluding hydrogens is 308 g/mol. The van der Waals surface area contributed by atoms with Gasteiger partial charge in [-0.25, -0.2) is 14.3 Å². The van der Waals surface area contributed by atoms with Crippen molar-refractivity contribution in [1.82, 2.24) is 14.6 Å². The van der Waals surface area contributed by atoms with E-state index in [-0.39, 0.29) is 5.91 Å². The second-order valence-electron chi connectivity index (χ2n) is 5.11. The quantitative estimate of drug-likeness (QED) is 0.744. The Morgan fingerprint density at radius 2 is 1.96 bits per heavy atom. The summed E-state index contributed by atoms with van der Waals surface area (Å²) in [6.45, 7) is 1.99. The number of benzene rings is 1. The molecule has 0 atom stereocenters. The second kappa shape index (κ2) is 6.49. The Labute approximate surface area is 138 Å². The number of aryl methyl sites for hydroxylation is 1. The molecule has 24 heavy (non-hydrogen) atoms. The monoisotopic (exact) mass is 324 g/mol. The zero-order valence-electron chi connectivity index (χ0n) is 13.3. The van der Waals surface area contributed by atoms with Crippen molar-refractivity contribution in [3.8, 4) is 0 Å². The molecule has 122 valence electrons. The van der Waals surface area contributed by atoms with E-state index in [0.717, 1.165) is 12.1 Å². The van der Waals surface area contributed by atoms with E-state index in [0.29, 0.717) is 22.6 Å². The average molecular weight is 324 g/mol. The minimum atomic E-state index is -0.423. The largest absolute Gasteiger partial charge is 0.465 e. The molecule has 0 aliphatic heterocycles. The summed E-state index contributed by atoms with van der Waals surface area (Å²) in [7, 11) is 1.32. The lowest BCUT2D eigenvalue weighted by molar-refractivity contribution is 0.0600. The van der Waals surface area contributed by atoms with Crippen LogP contribution in [0, 0.1) is 0 Å². The van der Waals surface area contributed by atoms with Gasteiger partial charge < -0.3 is 10.1 Å². The fraction of sp³-hybridized carbons (Fsp3) is 0.176. The van der Waals surface area contributed by atoms with E-state index in [4.69, 9.17) is 0 Å². The van der Waals surface area contributed by atoms with Gasteiger partial charge in [-0.2, -0.15) is 5.10 Å². The number of nitrogens with one attached hydrogen (secondary N) is 1. The Hall–Kier alpha value is -3.22. The van der Waals surface area contributed by atoms with Crippen LogP contribution in [0.3, 0.4) is 0 Å². The number of amides is 1. The number of fused-ring (bicyclic) bond motifs is 1. The van der Waals surface area contributed by atoms with Crippen LogP contribution in [0.4, 0.5) is 5.69 Å². The first kappa shape index (κ1) is 15.7. The summed E-state index contributed by atoms with van der Waals surface area (Å²) in [6.07, 6.45) is 2.38. The summed E-state index contributed by atoms with van der Waals surface area (Å²) >= 11 is 0. The lowest BCUT2D eigenvalue weighted by Gasteiger charge is -2.08. The Bertz CT molecular complexity index is 900. The number of aromatic nitrogens is 3. The molecule has 1 amide bonds. The van der Waals surface area contributed by atoms with E-state index in [1.54, 1.807) is 47.1 Å². The third kappa shape index (κ3) is 2.96. The predicted molar refractivity (Wildman–Crippen MR) is 88.1 cm³/mol. The molecule has 0 saturated heterocycles. The van der Waals surface area contributed by atoms with Gasteiger partial charge in [-0.3, -0.25) is 4.79 Å². The maximum Gasteiger partial charge on any atom is 0.337 e. The maximum atomic E-state index is 12.4. The first-order valence-corrected chi connectivity index (χ1v) is 7.45. The molecule has 0 radical (unpaired) electrons. The van der Waals surface area contributed by atoms with Crippen LogP contribution in [-0.4, -0.2) is 33.6 Å². The summed E-state index contributed by atoms with van der Waals surface area (Å²) < 4.78 is 6.35. The molecule has 3 rings (SSSR count). The van der Waals surface area contributed by atoms with Crippen LogP contribution in [0.25, 0.3) is 5.65 Å². The first-order valence-electron chi connectivity index (χ1n) is 7.45. The zero-order chi connectivity index (χ0) is 17.1. The molecule has 0 aliphatic rings. The SMILES string of the molecule is CCc1cc(C(=O)Nc2ccc(C(=O)OC)cc2)nc2ccnn12. The number of hydrogen-bond acceptors (Lipinski definition) is 5. The fourth-order valence-electron chi connectivity index (χ4n) is 2.35. The normalized spacial score (nSPS) is 10.6. The molecule has 0 fully saturated rings. The predicted octanol–water partition coefficient (Wildman–Crippen LogP) is 2.33. The molecule has 0 aliphatic carbocycles. The number of carbonyl (C=O) groups excluding carboxylic acids is 2. The molecule has 0 spiro atoms. The molecule has 2 heterocycles. The molecular formula is C17H16N4O3. The standard InChI is InChI=1S/C17H16N4O3/c1-3-13-10-14(20-15-8-9-18-21(13)15)16(22)19-12-6-4-11(5-7-12)17(23)24-2/h4-10H,3H2,1-2H3,(H,19,22). The highest BCUT2D eigenvalue weighted by Crippen LogP contribution is 2.13. The molecule has 7 nitrogen and oxygen atoms in total. The molecule has 0 saturated carbocycles. The lowest BCUT2D eigenvalue weighted by Crippen LogP contribution is -2.16. The van der Waals surface area contributed by atoms with Crippen molar-refractivity contribution >= 4 is 23.2 Å². The van der Waals surface area contributed by atoms with Gasteiger partial charge in [0.15, 0.2) is 5.65 Å². The summed E-state index contributed by atoms with van der Waals surface area (Å²) in [4.78, 5) is 28.2. The van der Waals surface area contributed by atoms with E-state index in [1.807, 2.05) is 6.92 Å². The van der Waals surface area contributed by atoms with E-state index in [2.05, 4.69) is 20.1 Å². The number of hydrogen-bond donors (Lipinski definition) is 1. The molecule has 1 N–H and O–H groups in total. The van der Waals surface area contributed by atoms with Crippen LogP contribution in [0.2, 0.25) is 0 Å². The number of carbonyl (C=O) groups is 2. The van der Waals surface area contributed by atoms with Crippen LogP contribution in [0.5, 0.6) is 0 Å². The van der Waals surface area contributed by atoms with Crippen LogP contribution >= 0.6 is 0 Å². The number of anilines is 1. The molecule has 3 aromatic rings. The highest BCUT2D eigenvalue weighted by Gasteiger charge is 2.13. The number of rotatable bonds is 4. The Morgan fingerprint density at radius 3 is 2.62 bits per heavy atom. The van der Waals surface area contributed by atoms with Gasteiger partial charge in [0, 0.05) is 17.4 Å². The number of methoxy groups -OCH3 is 1. The van der Waals surface area contributed by atoms with Crippen molar-refractivity contribution in [3.63, 3.8) is 0 Å². The van der Waals surface area contributed by atoms with E-state index in [1.165, 1.54) is 7.11 Å². The summed E-state index contributed by atoms with van der Waals surface area (Å²) in [5.74, 6) is -0.743. The van der Waals surface area contributed by atoms with Gasteiger partial charge in [-0.15, -0.1) is 0 Å². The number of ether oxygens (including phenoxy) is 1. The minimum Gasteiger partial charge on any atom is -0.465 e. The summed E-state index contributed by atoms with van der Waals surface area (Å²) in [6, 6.07) is 9.93.